The number of amides is 1. The van der Waals surface area contributed by atoms with Crippen LogP contribution in [0, 0.1) is 6.92 Å². The first-order valence-electron chi connectivity index (χ1n) is 3.89. The van der Waals surface area contributed by atoms with Gasteiger partial charge < -0.3 is 15.5 Å². The van der Waals surface area contributed by atoms with Gasteiger partial charge in [-0.25, -0.2) is 0 Å². The van der Waals surface area contributed by atoms with Crippen molar-refractivity contribution in [1.29, 1.82) is 0 Å². The average molecular weight is 247 g/mol. The molecule has 0 aliphatic rings. The Kier molecular flexibility index (Phi) is 3.50. The summed E-state index contributed by atoms with van der Waals surface area (Å²) in [6.07, 6.45) is 0. The average Bonchev–Trinajstić information content (AvgIpc) is 2.41. The van der Waals surface area contributed by atoms with E-state index < -0.39 is 0 Å². The Morgan fingerprint density at radius 1 is 1.77 bits per heavy atom. The van der Waals surface area contributed by atoms with E-state index in [1.807, 2.05) is 0 Å². The van der Waals surface area contributed by atoms with Gasteiger partial charge in [0, 0.05) is 19.2 Å². The number of nitrogens with two attached hydrogens (primary N) is 1. The number of carbonyl (C=O) groups is 1. The molecule has 0 saturated heterocycles. The Morgan fingerprint density at radius 2 is 2.46 bits per heavy atom. The molecule has 72 valence electrons. The predicted octanol–water partition coefficient (Wildman–Crippen LogP) is 1.04. The molecule has 0 bridgehead atoms. The topological polar surface area (TPSA) is 68.3 Å². The Bertz CT molecular complexity index is 309. The second-order valence-electron chi connectivity index (χ2n) is 2.56. The van der Waals surface area contributed by atoms with E-state index in [4.69, 9.17) is 10.2 Å². The molecule has 0 aliphatic carbocycles. The van der Waals surface area contributed by atoms with Gasteiger partial charge in [0.15, 0.2) is 4.67 Å². The monoisotopic (exact) mass is 246 g/mol. The number of rotatable bonds is 3. The van der Waals surface area contributed by atoms with Crippen molar-refractivity contribution in [2.75, 3.05) is 13.1 Å². The van der Waals surface area contributed by atoms with E-state index in [-0.39, 0.29) is 5.91 Å². The summed E-state index contributed by atoms with van der Waals surface area (Å²) in [7, 11) is 0. The highest BCUT2D eigenvalue weighted by atomic mass is 79.9. The highest BCUT2D eigenvalue weighted by Crippen LogP contribution is 2.19. The highest BCUT2D eigenvalue weighted by Gasteiger charge is 2.12. The zero-order chi connectivity index (χ0) is 9.84. The van der Waals surface area contributed by atoms with E-state index in [9.17, 15) is 4.79 Å². The molecule has 5 heteroatoms. The zero-order valence-electron chi connectivity index (χ0n) is 7.26. The molecule has 4 nitrogen and oxygen atoms in total. The standard InChI is InChI=1S/C8H11BrN2O2/c1-5-6(4-7(9)13-5)8(12)11-3-2-10/h4H,2-3,10H2,1H3,(H,11,12). The van der Waals surface area contributed by atoms with Gasteiger partial charge in [0.1, 0.15) is 5.76 Å². The third-order valence-corrected chi connectivity index (χ3v) is 1.95. The first-order valence-corrected chi connectivity index (χ1v) is 4.68. The molecule has 1 rings (SSSR count). The first kappa shape index (κ1) is 10.3. The minimum absolute atomic E-state index is 0.155. The molecule has 3 N–H and O–H groups in total. The van der Waals surface area contributed by atoms with Crippen LogP contribution in [-0.2, 0) is 0 Å². The number of aryl methyl sites for hydroxylation is 1. The molecule has 0 aliphatic heterocycles. The summed E-state index contributed by atoms with van der Waals surface area (Å²) in [5.41, 5.74) is 5.79. The fourth-order valence-corrected chi connectivity index (χ4v) is 1.42. The van der Waals surface area contributed by atoms with Crippen LogP contribution in [-0.4, -0.2) is 19.0 Å². The fraction of sp³-hybridized carbons (Fsp3) is 0.375. The van der Waals surface area contributed by atoms with Crippen molar-refractivity contribution in [3.05, 3.63) is 22.1 Å². The van der Waals surface area contributed by atoms with Crippen LogP contribution in [0.25, 0.3) is 0 Å². The van der Waals surface area contributed by atoms with E-state index in [0.717, 1.165) is 0 Å². The molecular weight excluding hydrogens is 236 g/mol. The van der Waals surface area contributed by atoms with Gasteiger partial charge in [0.05, 0.1) is 5.56 Å². The number of hydrogen-bond acceptors (Lipinski definition) is 3. The van der Waals surface area contributed by atoms with Crippen molar-refractivity contribution < 1.29 is 9.21 Å². The fourth-order valence-electron chi connectivity index (χ4n) is 0.952. The number of halogens is 1. The summed E-state index contributed by atoms with van der Waals surface area (Å²) < 4.78 is 5.70. The smallest absolute Gasteiger partial charge is 0.254 e. The summed E-state index contributed by atoms with van der Waals surface area (Å²) in [5.74, 6) is 0.443. The van der Waals surface area contributed by atoms with Crippen LogP contribution in [0.3, 0.4) is 0 Å². The molecule has 0 unspecified atom stereocenters. The lowest BCUT2D eigenvalue weighted by Gasteiger charge is -2.00. The van der Waals surface area contributed by atoms with Gasteiger partial charge in [0.2, 0.25) is 0 Å². The lowest BCUT2D eigenvalue weighted by Crippen LogP contribution is -2.29. The van der Waals surface area contributed by atoms with Crippen LogP contribution in [0.15, 0.2) is 15.2 Å². The molecule has 0 fully saturated rings. The number of nitrogens with one attached hydrogen (secondary N) is 1. The summed E-state index contributed by atoms with van der Waals surface area (Å²) in [5, 5.41) is 2.66. The van der Waals surface area contributed by atoms with Crippen molar-refractivity contribution in [3.8, 4) is 0 Å². The van der Waals surface area contributed by atoms with Crippen LogP contribution >= 0.6 is 15.9 Å². The van der Waals surface area contributed by atoms with Gasteiger partial charge in [-0.15, -0.1) is 0 Å². The number of carbonyl (C=O) groups excluding carboxylic acids is 1. The summed E-state index contributed by atoms with van der Waals surface area (Å²) in [6, 6.07) is 1.64. The third-order valence-electron chi connectivity index (χ3n) is 1.56. The quantitative estimate of drug-likeness (QED) is 0.838. The van der Waals surface area contributed by atoms with Crippen LogP contribution in [0.4, 0.5) is 0 Å². The molecule has 0 aromatic carbocycles. The van der Waals surface area contributed by atoms with Crippen LogP contribution in [0.1, 0.15) is 16.1 Å². The Labute approximate surface area is 84.6 Å². The number of hydrogen-bond donors (Lipinski definition) is 2. The maximum absolute atomic E-state index is 11.4. The van der Waals surface area contributed by atoms with E-state index in [1.165, 1.54) is 0 Å². The molecule has 13 heavy (non-hydrogen) atoms. The van der Waals surface area contributed by atoms with Gasteiger partial charge >= 0.3 is 0 Å². The molecule has 1 heterocycles. The summed E-state index contributed by atoms with van der Waals surface area (Å²) >= 11 is 3.15. The van der Waals surface area contributed by atoms with Gasteiger partial charge in [-0.05, 0) is 22.9 Å². The predicted molar refractivity (Wildman–Crippen MR) is 52.5 cm³/mol. The maximum atomic E-state index is 11.4. The zero-order valence-corrected chi connectivity index (χ0v) is 8.85. The van der Waals surface area contributed by atoms with E-state index >= 15 is 0 Å². The van der Waals surface area contributed by atoms with Gasteiger partial charge in [-0.1, -0.05) is 0 Å². The van der Waals surface area contributed by atoms with E-state index in [2.05, 4.69) is 21.2 Å². The Balaban J connectivity index is 2.70. The van der Waals surface area contributed by atoms with Crippen molar-refractivity contribution in [2.45, 2.75) is 6.92 Å². The first-order chi connectivity index (χ1) is 6.15. The van der Waals surface area contributed by atoms with Gasteiger partial charge in [-0.2, -0.15) is 0 Å². The Morgan fingerprint density at radius 3 is 2.92 bits per heavy atom. The molecule has 1 aromatic heterocycles. The van der Waals surface area contributed by atoms with Crippen molar-refractivity contribution in [1.82, 2.24) is 5.32 Å². The minimum Gasteiger partial charge on any atom is -0.454 e. The normalized spacial score (nSPS) is 10.1. The summed E-state index contributed by atoms with van der Waals surface area (Å²) in [6.45, 7) is 2.65. The minimum atomic E-state index is -0.155. The van der Waals surface area contributed by atoms with Crippen LogP contribution in [0.2, 0.25) is 0 Å². The molecule has 0 atom stereocenters. The van der Waals surface area contributed by atoms with Crippen LogP contribution < -0.4 is 11.1 Å². The van der Waals surface area contributed by atoms with Crippen molar-refractivity contribution >= 4 is 21.8 Å². The summed E-state index contributed by atoms with van der Waals surface area (Å²) in [4.78, 5) is 11.4. The maximum Gasteiger partial charge on any atom is 0.254 e. The number of furan rings is 1. The molecular formula is C8H11BrN2O2. The van der Waals surface area contributed by atoms with E-state index in [0.29, 0.717) is 29.1 Å². The highest BCUT2D eigenvalue weighted by molar-refractivity contribution is 9.10. The van der Waals surface area contributed by atoms with Crippen molar-refractivity contribution in [3.63, 3.8) is 0 Å². The van der Waals surface area contributed by atoms with Gasteiger partial charge in [0.25, 0.3) is 5.91 Å². The van der Waals surface area contributed by atoms with Gasteiger partial charge in [-0.3, -0.25) is 4.79 Å². The third kappa shape index (κ3) is 2.57. The Hall–Kier alpha value is -0.810. The van der Waals surface area contributed by atoms with E-state index in [1.54, 1.807) is 13.0 Å². The largest absolute Gasteiger partial charge is 0.454 e. The van der Waals surface area contributed by atoms with Crippen molar-refractivity contribution in [2.24, 2.45) is 5.73 Å². The molecule has 1 aromatic rings. The molecule has 0 saturated carbocycles. The second-order valence-corrected chi connectivity index (χ2v) is 3.35. The molecule has 0 spiro atoms. The second kappa shape index (κ2) is 4.43. The molecule has 0 radical (unpaired) electrons. The van der Waals surface area contributed by atoms with Crippen LogP contribution in [0.5, 0.6) is 0 Å². The lowest BCUT2D eigenvalue weighted by molar-refractivity contribution is 0.0953. The molecule has 1 amide bonds. The lowest BCUT2D eigenvalue weighted by atomic mass is 10.2. The SMILES string of the molecule is Cc1oc(Br)cc1C(=O)NCCN.